The van der Waals surface area contributed by atoms with Gasteiger partial charge in [0.25, 0.3) is 0 Å². The largest absolute Gasteiger partial charge is 0.379 e. The molecule has 1 unspecified atom stereocenters. The molecule has 0 fully saturated rings. The van der Waals surface area contributed by atoms with Crippen molar-refractivity contribution in [2.24, 2.45) is 0 Å². The molecule has 2 heteroatoms. The summed E-state index contributed by atoms with van der Waals surface area (Å²) in [5.74, 6) is 0.911. The number of para-hydroxylation sites is 1. The Morgan fingerprint density at radius 3 is 3.23 bits per heavy atom. The van der Waals surface area contributed by atoms with Crippen LogP contribution >= 0.6 is 0 Å². The maximum Gasteiger partial charge on any atom is 0.161 e. The van der Waals surface area contributed by atoms with Crippen LogP contribution in [-0.2, 0) is 0 Å². The summed E-state index contributed by atoms with van der Waals surface area (Å²) < 4.78 is 0. The van der Waals surface area contributed by atoms with E-state index in [0.717, 1.165) is 11.3 Å². The molecule has 13 heavy (non-hydrogen) atoms. The first kappa shape index (κ1) is 6.78. The molecule has 1 aromatic carbocycles. The predicted octanol–water partition coefficient (Wildman–Crippen LogP) is 2.03. The van der Waals surface area contributed by atoms with Crippen molar-refractivity contribution in [2.75, 3.05) is 0 Å². The maximum atomic E-state index is 5.55. The van der Waals surface area contributed by atoms with Crippen molar-refractivity contribution in [1.29, 1.82) is 0 Å². The molecule has 2 radical (unpaired) electrons. The van der Waals surface area contributed by atoms with Gasteiger partial charge in [-0.3, -0.25) is 0 Å². The van der Waals surface area contributed by atoms with E-state index in [4.69, 9.17) is 4.84 Å². The lowest BCUT2D eigenvalue weighted by Crippen LogP contribution is -2.20. The van der Waals surface area contributed by atoms with Gasteiger partial charge in [0, 0.05) is 11.8 Å². The highest BCUT2D eigenvalue weighted by atomic mass is 16.7. The fraction of sp³-hybridized carbons (Fsp3) is 0.0909. The van der Waals surface area contributed by atoms with Crippen molar-refractivity contribution in [1.82, 2.24) is 5.06 Å². The average Bonchev–Trinajstić information content (AvgIpc) is 2.56. The maximum absolute atomic E-state index is 5.55. The van der Waals surface area contributed by atoms with Crippen LogP contribution in [0.15, 0.2) is 36.5 Å². The topological polar surface area (TPSA) is 12.5 Å². The van der Waals surface area contributed by atoms with Crippen molar-refractivity contribution in [2.45, 2.75) is 6.04 Å². The molecule has 2 nitrogen and oxygen atoms in total. The summed E-state index contributed by atoms with van der Waals surface area (Å²) >= 11 is 0. The van der Waals surface area contributed by atoms with Gasteiger partial charge in [0.15, 0.2) is 5.75 Å². The summed E-state index contributed by atoms with van der Waals surface area (Å²) in [6, 6.07) is 8.07. The fourth-order valence-electron chi connectivity index (χ4n) is 1.59. The molecule has 0 bridgehead atoms. The summed E-state index contributed by atoms with van der Waals surface area (Å²) in [4.78, 5) is 5.55. The summed E-state index contributed by atoms with van der Waals surface area (Å²) in [7, 11) is 0. The van der Waals surface area contributed by atoms with E-state index in [9.17, 15) is 0 Å². The van der Waals surface area contributed by atoms with Gasteiger partial charge in [-0.15, -0.1) is 0 Å². The molecule has 62 valence electrons. The van der Waals surface area contributed by atoms with E-state index in [1.54, 1.807) is 11.1 Å². The highest BCUT2D eigenvalue weighted by Gasteiger charge is 2.29. The van der Waals surface area contributed by atoms with E-state index in [1.165, 1.54) is 0 Å². The zero-order chi connectivity index (χ0) is 8.67. The van der Waals surface area contributed by atoms with Gasteiger partial charge in [-0.1, -0.05) is 18.2 Å². The highest BCUT2D eigenvalue weighted by molar-refractivity contribution is 5.40. The monoisotopic (exact) mass is 169 g/mol. The van der Waals surface area contributed by atoms with Gasteiger partial charge >= 0.3 is 0 Å². The lowest BCUT2D eigenvalue weighted by Gasteiger charge is -2.18. The minimum absolute atomic E-state index is 0.0844. The molecule has 0 aromatic heterocycles. The number of hydrogen-bond acceptors (Lipinski definition) is 2. The Labute approximate surface area is 76.7 Å². The van der Waals surface area contributed by atoms with Gasteiger partial charge in [0.05, 0.1) is 0 Å². The Morgan fingerprint density at radius 2 is 2.23 bits per heavy atom. The zero-order valence-electron chi connectivity index (χ0n) is 6.90. The van der Waals surface area contributed by atoms with E-state index >= 15 is 0 Å². The summed E-state index contributed by atoms with van der Waals surface area (Å²) in [5, 5.41) is 1.78. The number of hydroxylamine groups is 2. The normalized spacial score (nSPS) is 22.5. The van der Waals surface area contributed by atoms with E-state index in [-0.39, 0.29) is 6.04 Å². The van der Waals surface area contributed by atoms with Crippen molar-refractivity contribution >= 4 is 0 Å². The van der Waals surface area contributed by atoms with E-state index in [1.807, 2.05) is 30.5 Å². The van der Waals surface area contributed by atoms with Crippen LogP contribution in [-0.4, -0.2) is 5.06 Å². The zero-order valence-corrected chi connectivity index (χ0v) is 6.90. The van der Waals surface area contributed by atoms with Gasteiger partial charge in [0.2, 0.25) is 0 Å². The molecule has 2 aliphatic rings. The highest BCUT2D eigenvalue weighted by Crippen LogP contribution is 2.38. The van der Waals surface area contributed by atoms with Crippen molar-refractivity contribution in [3.8, 4) is 5.75 Å². The third-order valence-corrected chi connectivity index (χ3v) is 2.20. The van der Waals surface area contributed by atoms with Crippen LogP contribution in [0.25, 0.3) is 0 Å². The van der Waals surface area contributed by atoms with Crippen LogP contribution < -0.4 is 4.84 Å². The Balaban J connectivity index is 2.12. The Hall–Kier alpha value is -1.70. The second kappa shape index (κ2) is 2.39. The Kier molecular flexibility index (Phi) is 1.25. The molecular formula is C11H7NO. The molecule has 0 spiro atoms. The minimum Gasteiger partial charge on any atom is -0.379 e. The summed E-state index contributed by atoms with van der Waals surface area (Å²) in [6.07, 6.45) is 9.70. The molecule has 1 aromatic rings. The number of allylic oxidation sites excluding steroid dienone is 2. The van der Waals surface area contributed by atoms with E-state index < -0.39 is 0 Å². The van der Waals surface area contributed by atoms with Gasteiger partial charge < -0.3 is 4.84 Å². The van der Waals surface area contributed by atoms with Gasteiger partial charge in [0.1, 0.15) is 6.04 Å². The predicted molar refractivity (Wildman–Crippen MR) is 47.3 cm³/mol. The second-order valence-electron chi connectivity index (χ2n) is 3.00. The quantitative estimate of drug-likeness (QED) is 0.589. The number of fused-ring (bicyclic) bond motifs is 3. The van der Waals surface area contributed by atoms with Gasteiger partial charge in [-0.25, -0.2) is 5.06 Å². The third-order valence-electron chi connectivity index (χ3n) is 2.20. The summed E-state index contributed by atoms with van der Waals surface area (Å²) in [6.45, 7) is 0. The average molecular weight is 169 g/mol. The molecule has 0 N–H and O–H groups in total. The van der Waals surface area contributed by atoms with E-state index in [0.29, 0.717) is 0 Å². The smallest absolute Gasteiger partial charge is 0.161 e. The molecule has 0 saturated carbocycles. The SMILES string of the molecule is [C]1=[C]C2c3ccccc3ON2C=C1. The first-order valence-corrected chi connectivity index (χ1v) is 4.18. The number of hydrogen-bond donors (Lipinski definition) is 0. The third kappa shape index (κ3) is 0.886. The fourth-order valence-corrected chi connectivity index (χ4v) is 1.59. The Bertz CT molecular complexity index is 395. The second-order valence-corrected chi connectivity index (χ2v) is 3.00. The van der Waals surface area contributed by atoms with Gasteiger partial charge in [-0.2, -0.15) is 0 Å². The molecule has 0 saturated heterocycles. The molecule has 0 amide bonds. The van der Waals surface area contributed by atoms with Crippen LogP contribution in [0, 0.1) is 12.2 Å². The molecular weight excluding hydrogens is 162 g/mol. The standard InChI is InChI=1S/C11H7NO/c1-2-7-11-9(5-1)10-6-3-4-8-12(10)13-11/h1-2,4-5,7-8,10H. The van der Waals surface area contributed by atoms with Crippen molar-refractivity contribution in [3.05, 3.63) is 54.3 Å². The van der Waals surface area contributed by atoms with Crippen LogP contribution in [0.3, 0.4) is 0 Å². The number of benzene rings is 1. The molecule has 3 rings (SSSR count). The number of rotatable bonds is 0. The first-order valence-electron chi connectivity index (χ1n) is 4.18. The van der Waals surface area contributed by atoms with Crippen molar-refractivity contribution < 1.29 is 4.84 Å². The first-order chi connectivity index (χ1) is 6.45. The number of nitrogens with zero attached hydrogens (tertiary/aromatic N) is 1. The lowest BCUT2D eigenvalue weighted by molar-refractivity contribution is -0.00809. The molecule has 1 atom stereocenters. The molecule has 2 aliphatic heterocycles. The minimum atomic E-state index is 0.0844. The van der Waals surface area contributed by atoms with E-state index in [2.05, 4.69) is 12.2 Å². The van der Waals surface area contributed by atoms with Crippen LogP contribution in [0.2, 0.25) is 0 Å². The molecule has 2 heterocycles. The Morgan fingerprint density at radius 1 is 1.31 bits per heavy atom. The molecule has 0 aliphatic carbocycles. The van der Waals surface area contributed by atoms with Crippen LogP contribution in [0.4, 0.5) is 0 Å². The van der Waals surface area contributed by atoms with Crippen molar-refractivity contribution in [3.63, 3.8) is 0 Å². The summed E-state index contributed by atoms with van der Waals surface area (Å²) in [5.41, 5.74) is 1.15. The van der Waals surface area contributed by atoms with Crippen LogP contribution in [0.5, 0.6) is 5.75 Å². The lowest BCUT2D eigenvalue weighted by atomic mass is 10.1. The van der Waals surface area contributed by atoms with Gasteiger partial charge in [-0.05, 0) is 24.3 Å². The van der Waals surface area contributed by atoms with Crippen LogP contribution in [0.1, 0.15) is 11.6 Å².